The van der Waals surface area contributed by atoms with Crippen molar-refractivity contribution in [3.05, 3.63) is 18.2 Å². The molecule has 0 unspecified atom stereocenters. The molecule has 24 heavy (non-hydrogen) atoms. The van der Waals surface area contributed by atoms with Crippen LogP contribution in [0.25, 0.3) is 0 Å². The number of fused-ring (bicyclic) bond motifs is 1. The van der Waals surface area contributed by atoms with Crippen molar-refractivity contribution in [2.75, 3.05) is 50.2 Å². The molecule has 2 heterocycles. The number of ether oxygens (including phenoxy) is 2. The van der Waals surface area contributed by atoms with Gasteiger partial charge in [-0.1, -0.05) is 0 Å². The Kier molecular flexibility index (Phi) is 7.60. The molecule has 8 heteroatoms. The van der Waals surface area contributed by atoms with E-state index >= 15 is 0 Å². The van der Waals surface area contributed by atoms with Crippen LogP contribution in [0.5, 0.6) is 5.75 Å². The van der Waals surface area contributed by atoms with Gasteiger partial charge in [0.05, 0.1) is 17.6 Å². The van der Waals surface area contributed by atoms with Crippen molar-refractivity contribution in [2.24, 2.45) is 11.1 Å². The van der Waals surface area contributed by atoms with Gasteiger partial charge in [-0.2, -0.15) is 0 Å². The second kappa shape index (κ2) is 8.76. The average molecular weight is 378 g/mol. The lowest BCUT2D eigenvalue weighted by Gasteiger charge is -2.34. The van der Waals surface area contributed by atoms with Gasteiger partial charge in [0, 0.05) is 32.5 Å². The second-order valence-electron chi connectivity index (χ2n) is 6.00. The van der Waals surface area contributed by atoms with Gasteiger partial charge in [0.2, 0.25) is 5.91 Å². The lowest BCUT2D eigenvalue weighted by Crippen LogP contribution is -2.46. The van der Waals surface area contributed by atoms with Gasteiger partial charge < -0.3 is 25.4 Å². The minimum Gasteiger partial charge on any atom is -0.490 e. The molecule has 2 aliphatic heterocycles. The highest BCUT2D eigenvalue weighted by molar-refractivity contribution is 5.96. The van der Waals surface area contributed by atoms with Crippen LogP contribution in [-0.4, -0.2) is 45.9 Å². The van der Waals surface area contributed by atoms with E-state index in [4.69, 9.17) is 15.2 Å². The van der Waals surface area contributed by atoms with Gasteiger partial charge in [-0.05, 0) is 31.0 Å². The number of carbonyl (C=O) groups is 1. The zero-order valence-electron chi connectivity index (χ0n) is 13.7. The molecule has 0 aromatic heterocycles. The number of hydrogen-bond acceptors (Lipinski definition) is 5. The van der Waals surface area contributed by atoms with E-state index in [0.29, 0.717) is 39.2 Å². The molecule has 1 saturated heterocycles. The zero-order chi connectivity index (χ0) is 15.6. The van der Waals surface area contributed by atoms with E-state index in [9.17, 15) is 4.79 Å². The van der Waals surface area contributed by atoms with Crippen LogP contribution in [0.1, 0.15) is 12.8 Å². The van der Waals surface area contributed by atoms with Crippen molar-refractivity contribution in [2.45, 2.75) is 12.8 Å². The molecule has 6 nitrogen and oxygen atoms in total. The van der Waals surface area contributed by atoms with E-state index in [-0.39, 0.29) is 30.7 Å². The van der Waals surface area contributed by atoms with Crippen LogP contribution >= 0.6 is 24.8 Å². The van der Waals surface area contributed by atoms with Gasteiger partial charge in [-0.15, -0.1) is 24.8 Å². The van der Waals surface area contributed by atoms with Crippen molar-refractivity contribution in [1.82, 2.24) is 0 Å². The lowest BCUT2D eigenvalue weighted by molar-refractivity contribution is -0.130. The van der Waals surface area contributed by atoms with Gasteiger partial charge >= 0.3 is 0 Å². The molecular weight excluding hydrogens is 353 g/mol. The Balaban J connectivity index is 0.00000144. The van der Waals surface area contributed by atoms with Crippen LogP contribution in [0, 0.1) is 5.41 Å². The molecule has 1 amide bonds. The van der Waals surface area contributed by atoms with Crippen molar-refractivity contribution in [3.63, 3.8) is 0 Å². The third kappa shape index (κ3) is 4.06. The summed E-state index contributed by atoms with van der Waals surface area (Å²) in [5.74, 6) is 0.837. The minimum atomic E-state index is -0.517. The fourth-order valence-corrected chi connectivity index (χ4v) is 2.98. The summed E-state index contributed by atoms with van der Waals surface area (Å²) in [4.78, 5) is 14.8. The van der Waals surface area contributed by atoms with Gasteiger partial charge in [-0.3, -0.25) is 4.79 Å². The lowest BCUT2D eigenvalue weighted by atomic mass is 9.79. The van der Waals surface area contributed by atoms with Crippen molar-refractivity contribution in [3.8, 4) is 5.75 Å². The summed E-state index contributed by atoms with van der Waals surface area (Å²) in [5.41, 5.74) is 7.14. The highest BCUT2D eigenvalue weighted by Gasteiger charge is 2.38. The maximum absolute atomic E-state index is 12.7. The Labute approximate surface area is 154 Å². The first-order valence-electron chi connectivity index (χ1n) is 7.72. The SMILES string of the molecule is CN1CCOc2ccc(NC(=O)C3(CN)CCOCC3)cc21.Cl.Cl. The standard InChI is InChI=1S/C16H23N3O3.2ClH/c1-19-6-9-22-14-3-2-12(10-13(14)19)18-15(20)16(11-17)4-7-21-8-5-16;;/h2-3,10H,4-9,11,17H2,1H3,(H,18,20);2*1H. The Morgan fingerprint density at radius 1 is 1.29 bits per heavy atom. The number of amides is 1. The van der Waals surface area contributed by atoms with Crippen LogP contribution in [-0.2, 0) is 9.53 Å². The van der Waals surface area contributed by atoms with Crippen molar-refractivity contribution in [1.29, 1.82) is 0 Å². The number of rotatable bonds is 3. The molecule has 3 N–H and O–H groups in total. The summed E-state index contributed by atoms with van der Waals surface area (Å²) >= 11 is 0. The Morgan fingerprint density at radius 2 is 2.00 bits per heavy atom. The fraction of sp³-hybridized carbons (Fsp3) is 0.562. The van der Waals surface area contributed by atoms with E-state index in [1.54, 1.807) is 0 Å². The Bertz CT molecular complexity index is 565. The number of halogens is 2. The summed E-state index contributed by atoms with van der Waals surface area (Å²) in [5, 5.41) is 3.02. The first-order chi connectivity index (χ1) is 10.6. The second-order valence-corrected chi connectivity index (χ2v) is 6.00. The predicted molar refractivity (Wildman–Crippen MR) is 99.9 cm³/mol. The largest absolute Gasteiger partial charge is 0.490 e. The number of nitrogens with one attached hydrogen (secondary N) is 1. The molecule has 0 spiro atoms. The van der Waals surface area contributed by atoms with E-state index in [0.717, 1.165) is 23.7 Å². The maximum Gasteiger partial charge on any atom is 0.232 e. The highest BCUT2D eigenvalue weighted by Crippen LogP contribution is 2.35. The summed E-state index contributed by atoms with van der Waals surface area (Å²) in [7, 11) is 2.02. The Morgan fingerprint density at radius 3 is 2.67 bits per heavy atom. The summed E-state index contributed by atoms with van der Waals surface area (Å²) < 4.78 is 11.0. The fourth-order valence-electron chi connectivity index (χ4n) is 2.98. The van der Waals surface area contributed by atoms with Crippen LogP contribution in [0.4, 0.5) is 11.4 Å². The van der Waals surface area contributed by atoms with Crippen LogP contribution in [0.2, 0.25) is 0 Å². The van der Waals surface area contributed by atoms with Crippen molar-refractivity contribution < 1.29 is 14.3 Å². The van der Waals surface area contributed by atoms with Crippen molar-refractivity contribution >= 4 is 42.1 Å². The first kappa shape index (κ1) is 20.8. The van der Waals surface area contributed by atoms with Crippen LogP contribution in [0.15, 0.2) is 18.2 Å². The normalized spacial score (nSPS) is 18.3. The number of nitrogens with two attached hydrogens (primary N) is 1. The molecule has 1 aromatic carbocycles. The third-order valence-corrected chi connectivity index (χ3v) is 4.63. The minimum absolute atomic E-state index is 0. The van der Waals surface area contributed by atoms with Gasteiger partial charge in [0.25, 0.3) is 0 Å². The average Bonchev–Trinajstić information content (AvgIpc) is 2.56. The molecule has 1 fully saturated rings. The molecule has 1 aromatic rings. The molecule has 136 valence electrons. The topological polar surface area (TPSA) is 76.8 Å². The number of benzene rings is 1. The molecule has 0 aliphatic carbocycles. The number of carbonyl (C=O) groups excluding carboxylic acids is 1. The van der Waals surface area contributed by atoms with Gasteiger partial charge in [-0.25, -0.2) is 0 Å². The number of likely N-dealkylation sites (N-methyl/N-ethyl adjacent to an activating group) is 1. The van der Waals surface area contributed by atoms with Gasteiger partial charge in [0.15, 0.2) is 0 Å². The van der Waals surface area contributed by atoms with E-state index < -0.39 is 5.41 Å². The van der Waals surface area contributed by atoms with E-state index in [1.807, 2.05) is 25.2 Å². The first-order valence-corrected chi connectivity index (χ1v) is 7.72. The molecule has 0 bridgehead atoms. The number of hydrogen-bond donors (Lipinski definition) is 2. The zero-order valence-corrected chi connectivity index (χ0v) is 15.4. The summed E-state index contributed by atoms with van der Waals surface area (Å²) in [6, 6.07) is 5.73. The van der Waals surface area contributed by atoms with E-state index in [1.165, 1.54) is 0 Å². The quantitative estimate of drug-likeness (QED) is 0.842. The van der Waals surface area contributed by atoms with Crippen LogP contribution < -0.4 is 20.7 Å². The number of nitrogens with zero attached hydrogens (tertiary/aromatic N) is 1. The Hall–Kier alpha value is -1.21. The smallest absolute Gasteiger partial charge is 0.232 e. The summed E-state index contributed by atoms with van der Waals surface area (Å²) in [6.07, 6.45) is 1.34. The highest BCUT2D eigenvalue weighted by atomic mass is 35.5. The molecule has 3 rings (SSSR count). The summed E-state index contributed by atoms with van der Waals surface area (Å²) in [6.45, 7) is 3.05. The molecule has 0 atom stereocenters. The predicted octanol–water partition coefficient (Wildman–Crippen LogP) is 2.05. The van der Waals surface area contributed by atoms with E-state index in [2.05, 4.69) is 10.2 Å². The maximum atomic E-state index is 12.7. The molecule has 0 radical (unpaired) electrons. The third-order valence-electron chi connectivity index (χ3n) is 4.63. The molecule has 0 saturated carbocycles. The number of anilines is 2. The molecular formula is C16H25Cl2N3O3. The molecule has 2 aliphatic rings. The monoisotopic (exact) mass is 377 g/mol. The van der Waals surface area contributed by atoms with Gasteiger partial charge in [0.1, 0.15) is 12.4 Å². The van der Waals surface area contributed by atoms with Crippen LogP contribution in [0.3, 0.4) is 0 Å².